The average Bonchev–Trinajstić information content (AvgIpc) is 2.43. The van der Waals surface area contributed by atoms with Crippen molar-refractivity contribution in [2.45, 2.75) is 25.9 Å². The predicted octanol–water partition coefficient (Wildman–Crippen LogP) is 1.44. The minimum atomic E-state index is -0.0202. The van der Waals surface area contributed by atoms with Gasteiger partial charge in [0.2, 0.25) is 0 Å². The minimum absolute atomic E-state index is 0.0202. The van der Waals surface area contributed by atoms with Crippen LogP contribution in [0, 0.1) is 0 Å². The Labute approximate surface area is 120 Å². The minimum Gasteiger partial charge on any atom is -0.495 e. The van der Waals surface area contributed by atoms with Crippen molar-refractivity contribution in [3.8, 4) is 5.75 Å². The number of likely N-dealkylation sites (N-methyl/N-ethyl adjacent to an activating group) is 1. The molecule has 0 aliphatic carbocycles. The summed E-state index contributed by atoms with van der Waals surface area (Å²) in [6, 6.07) is 6.00. The molecule has 0 saturated carbocycles. The third-order valence-electron chi connectivity index (χ3n) is 4.16. The topological polar surface area (TPSA) is 58.8 Å². The molecule has 2 N–H and O–H groups in total. The summed E-state index contributed by atoms with van der Waals surface area (Å²) >= 11 is 0. The summed E-state index contributed by atoms with van der Waals surface area (Å²) < 4.78 is 5.18. The number of hydrogen-bond donors (Lipinski definition) is 1. The molecule has 1 amide bonds. The number of para-hydroxylation sites is 1. The lowest BCUT2D eigenvalue weighted by molar-refractivity contribution is 0.0415. The molecule has 2 atom stereocenters. The average molecular weight is 277 g/mol. The quantitative estimate of drug-likeness (QED) is 0.831. The maximum Gasteiger partial charge on any atom is 0.256 e. The molecule has 0 radical (unpaired) electrons. The van der Waals surface area contributed by atoms with Gasteiger partial charge in [-0.15, -0.1) is 0 Å². The van der Waals surface area contributed by atoms with Crippen LogP contribution in [0.2, 0.25) is 0 Å². The second-order valence-corrected chi connectivity index (χ2v) is 5.50. The van der Waals surface area contributed by atoms with Crippen molar-refractivity contribution < 1.29 is 9.53 Å². The molecular weight excluding hydrogens is 254 g/mol. The van der Waals surface area contributed by atoms with Crippen molar-refractivity contribution in [1.82, 2.24) is 9.80 Å². The van der Waals surface area contributed by atoms with Gasteiger partial charge in [0, 0.05) is 25.2 Å². The molecule has 1 saturated heterocycles. The van der Waals surface area contributed by atoms with E-state index in [2.05, 4.69) is 25.8 Å². The Morgan fingerprint density at radius 2 is 1.90 bits per heavy atom. The number of piperazine rings is 1. The Balaban J connectivity index is 2.24. The molecule has 2 unspecified atom stereocenters. The van der Waals surface area contributed by atoms with E-state index in [-0.39, 0.29) is 5.91 Å². The molecule has 1 aliphatic heterocycles. The Hall–Kier alpha value is -1.75. The number of anilines is 1. The highest BCUT2D eigenvalue weighted by Crippen LogP contribution is 2.27. The van der Waals surface area contributed by atoms with Gasteiger partial charge in [0.15, 0.2) is 0 Å². The van der Waals surface area contributed by atoms with E-state index >= 15 is 0 Å². The van der Waals surface area contributed by atoms with Crippen molar-refractivity contribution in [1.29, 1.82) is 0 Å². The standard InChI is InChI=1S/C15H23N3O2/c1-10-8-18(9-11(2)17(10)3)15(19)12-6-5-7-13(20-4)14(12)16/h5-7,10-11H,8-9,16H2,1-4H3. The van der Waals surface area contributed by atoms with Crippen molar-refractivity contribution in [2.24, 2.45) is 0 Å². The third kappa shape index (κ3) is 2.58. The highest BCUT2D eigenvalue weighted by molar-refractivity contribution is 6.00. The summed E-state index contributed by atoms with van der Waals surface area (Å²) in [5.41, 5.74) is 6.95. The van der Waals surface area contributed by atoms with Gasteiger partial charge in [-0.1, -0.05) is 6.07 Å². The molecule has 1 fully saturated rings. The van der Waals surface area contributed by atoms with Gasteiger partial charge in [0.05, 0.1) is 18.4 Å². The monoisotopic (exact) mass is 277 g/mol. The van der Waals surface area contributed by atoms with E-state index in [0.717, 1.165) is 13.1 Å². The van der Waals surface area contributed by atoms with Crippen LogP contribution in [-0.2, 0) is 0 Å². The normalized spacial score (nSPS) is 23.7. The van der Waals surface area contributed by atoms with Gasteiger partial charge in [0.25, 0.3) is 5.91 Å². The lowest BCUT2D eigenvalue weighted by Crippen LogP contribution is -2.56. The third-order valence-corrected chi connectivity index (χ3v) is 4.16. The van der Waals surface area contributed by atoms with Crippen molar-refractivity contribution >= 4 is 11.6 Å². The maximum absolute atomic E-state index is 12.7. The number of amides is 1. The summed E-state index contributed by atoms with van der Waals surface area (Å²) in [5, 5.41) is 0. The second kappa shape index (κ2) is 5.71. The van der Waals surface area contributed by atoms with Gasteiger partial charge in [-0.2, -0.15) is 0 Å². The summed E-state index contributed by atoms with van der Waals surface area (Å²) in [4.78, 5) is 16.8. The molecule has 5 heteroatoms. The van der Waals surface area contributed by atoms with E-state index in [1.807, 2.05) is 4.90 Å². The van der Waals surface area contributed by atoms with Crippen molar-refractivity contribution in [2.75, 3.05) is 33.0 Å². The van der Waals surface area contributed by atoms with Crippen LogP contribution in [0.4, 0.5) is 5.69 Å². The van der Waals surface area contributed by atoms with E-state index in [1.165, 1.54) is 0 Å². The van der Waals surface area contributed by atoms with Crippen LogP contribution in [0.1, 0.15) is 24.2 Å². The second-order valence-electron chi connectivity index (χ2n) is 5.50. The van der Waals surface area contributed by atoms with E-state index < -0.39 is 0 Å². The fraction of sp³-hybridized carbons (Fsp3) is 0.533. The largest absolute Gasteiger partial charge is 0.495 e. The van der Waals surface area contributed by atoms with Crippen LogP contribution in [0.15, 0.2) is 18.2 Å². The van der Waals surface area contributed by atoms with E-state index in [9.17, 15) is 4.79 Å². The molecule has 0 bridgehead atoms. The van der Waals surface area contributed by atoms with E-state index in [1.54, 1.807) is 25.3 Å². The number of methoxy groups -OCH3 is 1. The first-order valence-corrected chi connectivity index (χ1v) is 6.89. The summed E-state index contributed by atoms with van der Waals surface area (Å²) in [7, 11) is 3.65. The number of nitrogen functional groups attached to an aromatic ring is 1. The molecular formula is C15H23N3O2. The zero-order valence-electron chi connectivity index (χ0n) is 12.6. The molecule has 1 aliphatic rings. The molecule has 1 heterocycles. The Kier molecular flexibility index (Phi) is 4.18. The molecule has 2 rings (SSSR count). The maximum atomic E-state index is 12.7. The molecule has 5 nitrogen and oxygen atoms in total. The highest BCUT2D eigenvalue weighted by atomic mass is 16.5. The summed E-state index contributed by atoms with van der Waals surface area (Å²) in [6.07, 6.45) is 0. The van der Waals surface area contributed by atoms with Gasteiger partial charge in [-0.3, -0.25) is 9.69 Å². The number of rotatable bonds is 2. The van der Waals surface area contributed by atoms with Crippen LogP contribution >= 0.6 is 0 Å². The molecule has 0 aromatic heterocycles. The van der Waals surface area contributed by atoms with Crippen LogP contribution in [0.5, 0.6) is 5.75 Å². The Morgan fingerprint density at radius 3 is 2.45 bits per heavy atom. The van der Waals surface area contributed by atoms with Crippen molar-refractivity contribution in [3.63, 3.8) is 0 Å². The molecule has 1 aromatic carbocycles. The number of carbonyl (C=O) groups excluding carboxylic acids is 1. The van der Waals surface area contributed by atoms with Gasteiger partial charge < -0.3 is 15.4 Å². The van der Waals surface area contributed by atoms with E-state index in [4.69, 9.17) is 10.5 Å². The Bertz CT molecular complexity index is 492. The van der Waals surface area contributed by atoms with Gasteiger partial charge in [-0.05, 0) is 33.0 Å². The van der Waals surface area contributed by atoms with Crippen molar-refractivity contribution in [3.05, 3.63) is 23.8 Å². The lowest BCUT2D eigenvalue weighted by Gasteiger charge is -2.42. The fourth-order valence-electron chi connectivity index (χ4n) is 2.65. The van der Waals surface area contributed by atoms with Crippen LogP contribution in [0.25, 0.3) is 0 Å². The highest BCUT2D eigenvalue weighted by Gasteiger charge is 2.30. The van der Waals surface area contributed by atoms with Gasteiger partial charge in [-0.25, -0.2) is 0 Å². The van der Waals surface area contributed by atoms with E-state index in [0.29, 0.717) is 29.1 Å². The number of ether oxygens (including phenoxy) is 1. The van der Waals surface area contributed by atoms with Crippen LogP contribution in [-0.4, -0.2) is 55.0 Å². The molecule has 0 spiro atoms. The first-order chi connectivity index (χ1) is 9.45. The molecule has 1 aromatic rings. The lowest BCUT2D eigenvalue weighted by atomic mass is 10.1. The predicted molar refractivity (Wildman–Crippen MR) is 80.0 cm³/mol. The number of nitrogens with zero attached hydrogens (tertiary/aromatic N) is 2. The van der Waals surface area contributed by atoms with Gasteiger partial charge >= 0.3 is 0 Å². The van der Waals surface area contributed by atoms with Crippen LogP contribution in [0.3, 0.4) is 0 Å². The number of carbonyl (C=O) groups is 1. The zero-order chi connectivity index (χ0) is 14.9. The number of hydrogen-bond acceptors (Lipinski definition) is 4. The SMILES string of the molecule is COc1cccc(C(=O)N2CC(C)N(C)C(C)C2)c1N. The smallest absolute Gasteiger partial charge is 0.256 e. The number of nitrogens with two attached hydrogens (primary N) is 1. The van der Waals surface area contributed by atoms with Crippen LogP contribution < -0.4 is 10.5 Å². The first kappa shape index (κ1) is 14.7. The Morgan fingerprint density at radius 1 is 1.30 bits per heavy atom. The summed E-state index contributed by atoms with van der Waals surface area (Å²) in [5.74, 6) is 0.527. The summed E-state index contributed by atoms with van der Waals surface area (Å²) in [6.45, 7) is 5.70. The first-order valence-electron chi connectivity index (χ1n) is 6.89. The zero-order valence-corrected chi connectivity index (χ0v) is 12.6. The molecule has 110 valence electrons. The number of benzene rings is 1. The fourth-order valence-corrected chi connectivity index (χ4v) is 2.65. The molecule has 20 heavy (non-hydrogen) atoms. The van der Waals surface area contributed by atoms with Gasteiger partial charge in [0.1, 0.15) is 5.75 Å².